The molecule has 0 spiro atoms. The van der Waals surface area contributed by atoms with Gasteiger partial charge in [-0.3, -0.25) is 0 Å². The molecule has 0 radical (unpaired) electrons. The summed E-state index contributed by atoms with van der Waals surface area (Å²) in [6.07, 6.45) is 4.52. The van der Waals surface area contributed by atoms with Crippen molar-refractivity contribution in [1.82, 2.24) is 0 Å². The van der Waals surface area contributed by atoms with Crippen molar-refractivity contribution < 1.29 is 4.42 Å². The smallest absolute Gasteiger partial charge is 0.134 e. The molecule has 1 aromatic heterocycles. The Morgan fingerprint density at radius 2 is 1.74 bits per heavy atom. The van der Waals surface area contributed by atoms with Crippen molar-refractivity contribution in [1.29, 1.82) is 0 Å². The zero-order valence-corrected chi connectivity index (χ0v) is 13.6. The van der Waals surface area contributed by atoms with Crippen LogP contribution in [0.2, 0.25) is 0 Å². The van der Waals surface area contributed by atoms with Crippen LogP contribution in [0.4, 0.5) is 0 Å². The lowest BCUT2D eigenvalue weighted by molar-refractivity contribution is 0.530. The molecular weight excluding hydrogens is 280 g/mol. The highest BCUT2D eigenvalue weighted by Gasteiger charge is 2.18. The normalized spacial score (nSPS) is 10.7. The van der Waals surface area contributed by atoms with E-state index in [9.17, 15) is 0 Å². The molecule has 23 heavy (non-hydrogen) atoms. The van der Waals surface area contributed by atoms with Gasteiger partial charge in [0.25, 0.3) is 0 Å². The highest BCUT2D eigenvalue weighted by Crippen LogP contribution is 2.35. The number of para-hydroxylation sites is 1. The average molecular weight is 302 g/mol. The van der Waals surface area contributed by atoms with Crippen LogP contribution in [0, 0.1) is 0 Å². The van der Waals surface area contributed by atoms with Crippen molar-refractivity contribution in [3.63, 3.8) is 0 Å². The second-order valence-electron chi connectivity index (χ2n) is 5.77. The lowest BCUT2D eigenvalue weighted by Gasteiger charge is -2.07. The Kier molecular flexibility index (Phi) is 4.80. The number of aryl methyl sites for hydroxylation is 1. The predicted octanol–water partition coefficient (Wildman–Crippen LogP) is 6.38. The summed E-state index contributed by atoms with van der Waals surface area (Å²) in [5.74, 6) is 1.05. The quantitative estimate of drug-likeness (QED) is 0.380. The Labute approximate surface area is 138 Å². The summed E-state index contributed by atoms with van der Waals surface area (Å²) in [6, 6.07) is 18.6. The van der Waals surface area contributed by atoms with Crippen molar-refractivity contribution in [3.05, 3.63) is 83.8 Å². The Morgan fingerprint density at radius 1 is 1.00 bits per heavy atom. The maximum atomic E-state index is 6.16. The van der Waals surface area contributed by atoms with Gasteiger partial charge in [0, 0.05) is 22.9 Å². The minimum Gasteiger partial charge on any atom is -0.460 e. The van der Waals surface area contributed by atoms with E-state index >= 15 is 0 Å². The number of rotatable bonds is 6. The zero-order chi connectivity index (χ0) is 16.1. The molecule has 0 N–H and O–H groups in total. The maximum absolute atomic E-state index is 6.16. The van der Waals surface area contributed by atoms with E-state index in [0.29, 0.717) is 0 Å². The van der Waals surface area contributed by atoms with Crippen molar-refractivity contribution >= 4 is 16.5 Å². The largest absolute Gasteiger partial charge is 0.460 e. The van der Waals surface area contributed by atoms with Crippen molar-refractivity contribution in [2.75, 3.05) is 0 Å². The summed E-state index contributed by atoms with van der Waals surface area (Å²) in [6.45, 7) is 6.15. The lowest BCUT2D eigenvalue weighted by Crippen LogP contribution is -1.92. The first-order valence-electron chi connectivity index (χ1n) is 8.31. The molecule has 0 saturated carbocycles. The molecule has 1 heterocycles. The summed E-state index contributed by atoms with van der Waals surface area (Å²) in [5.41, 5.74) is 7.40. The number of unbranched alkanes of at least 4 members (excludes halogenated alkanes) is 2. The van der Waals surface area contributed by atoms with Crippen LogP contribution in [-0.4, -0.2) is 0 Å². The van der Waals surface area contributed by atoms with Crippen LogP contribution in [0.1, 0.15) is 43.1 Å². The monoisotopic (exact) mass is 302 g/mol. The number of furan rings is 1. The van der Waals surface area contributed by atoms with Gasteiger partial charge < -0.3 is 4.42 Å². The molecule has 2 aromatic carbocycles. The summed E-state index contributed by atoms with van der Waals surface area (Å²) in [5, 5.41) is 1.15. The molecule has 0 aliphatic carbocycles. The van der Waals surface area contributed by atoms with Gasteiger partial charge >= 0.3 is 0 Å². The van der Waals surface area contributed by atoms with E-state index in [4.69, 9.17) is 4.42 Å². The maximum Gasteiger partial charge on any atom is 0.134 e. The van der Waals surface area contributed by atoms with E-state index in [2.05, 4.69) is 43.5 Å². The van der Waals surface area contributed by atoms with Crippen LogP contribution in [0.15, 0.2) is 71.3 Å². The first-order valence-corrected chi connectivity index (χ1v) is 8.31. The number of benzene rings is 2. The van der Waals surface area contributed by atoms with Crippen LogP contribution in [0.5, 0.6) is 0 Å². The van der Waals surface area contributed by atoms with Gasteiger partial charge in [-0.15, -0.1) is 5.73 Å². The van der Waals surface area contributed by atoms with Gasteiger partial charge in [-0.05, 0) is 18.1 Å². The van der Waals surface area contributed by atoms with Crippen LogP contribution < -0.4 is 0 Å². The van der Waals surface area contributed by atoms with Gasteiger partial charge in [-0.25, -0.2) is 0 Å². The third kappa shape index (κ3) is 3.16. The molecule has 0 fully saturated rings. The Bertz CT molecular complexity index is 833. The fraction of sp³-hybridized carbons (Fsp3) is 0.227. The number of hydrogen-bond acceptors (Lipinski definition) is 1. The first-order chi connectivity index (χ1) is 11.3. The summed E-state index contributed by atoms with van der Waals surface area (Å²) in [7, 11) is 0. The molecule has 0 amide bonds. The van der Waals surface area contributed by atoms with Gasteiger partial charge in [0.1, 0.15) is 11.3 Å². The standard InChI is InChI=1S/C22H22O/c1-3-5-7-16-21-22(19-14-10-11-15-20(19)23-21)18(4-2)17-12-8-6-9-13-17/h6,8-15H,2-3,5,7,16H2,1H3. The van der Waals surface area contributed by atoms with Crippen LogP contribution >= 0.6 is 0 Å². The van der Waals surface area contributed by atoms with Crippen molar-refractivity contribution in [2.24, 2.45) is 0 Å². The SMILES string of the molecule is C=C=C(c1ccccc1)c1c(CCCCC)oc2ccccc12. The average Bonchev–Trinajstić information content (AvgIpc) is 2.96. The fourth-order valence-electron chi connectivity index (χ4n) is 3.02. The molecule has 0 unspecified atom stereocenters. The van der Waals surface area contributed by atoms with Crippen LogP contribution in [0.25, 0.3) is 16.5 Å². The van der Waals surface area contributed by atoms with E-state index in [1.54, 1.807) is 0 Å². The van der Waals surface area contributed by atoms with Gasteiger partial charge in [-0.1, -0.05) is 74.9 Å². The minimum atomic E-state index is 0.942. The van der Waals surface area contributed by atoms with Crippen molar-refractivity contribution in [3.8, 4) is 0 Å². The molecule has 0 bridgehead atoms. The Morgan fingerprint density at radius 3 is 2.48 bits per heavy atom. The fourth-order valence-corrected chi connectivity index (χ4v) is 3.02. The molecule has 3 aromatic rings. The highest BCUT2D eigenvalue weighted by molar-refractivity contribution is 5.96. The van der Waals surface area contributed by atoms with E-state index in [1.807, 2.05) is 30.3 Å². The lowest BCUT2D eigenvalue weighted by atomic mass is 9.94. The second kappa shape index (κ2) is 7.17. The zero-order valence-electron chi connectivity index (χ0n) is 13.6. The van der Waals surface area contributed by atoms with Crippen molar-refractivity contribution in [2.45, 2.75) is 32.6 Å². The van der Waals surface area contributed by atoms with E-state index in [0.717, 1.165) is 46.3 Å². The molecule has 1 nitrogen and oxygen atoms in total. The van der Waals surface area contributed by atoms with E-state index in [1.165, 1.54) is 12.8 Å². The molecule has 3 rings (SSSR count). The van der Waals surface area contributed by atoms with Gasteiger partial charge in [0.05, 0.1) is 0 Å². The molecule has 0 saturated heterocycles. The summed E-state index contributed by atoms with van der Waals surface area (Å²) < 4.78 is 6.16. The molecule has 1 heteroatoms. The Hall–Kier alpha value is -2.50. The summed E-state index contributed by atoms with van der Waals surface area (Å²) in [4.78, 5) is 0. The van der Waals surface area contributed by atoms with Crippen LogP contribution in [-0.2, 0) is 6.42 Å². The predicted molar refractivity (Wildman–Crippen MR) is 97.5 cm³/mol. The highest BCUT2D eigenvalue weighted by atomic mass is 16.3. The molecule has 0 aliphatic rings. The number of hydrogen-bond donors (Lipinski definition) is 0. The Balaban J connectivity index is 2.13. The van der Waals surface area contributed by atoms with E-state index in [-0.39, 0.29) is 0 Å². The molecular formula is C22H22O. The first kappa shape index (κ1) is 15.4. The molecule has 0 aliphatic heterocycles. The third-order valence-corrected chi connectivity index (χ3v) is 4.17. The van der Waals surface area contributed by atoms with Gasteiger partial charge in [0.15, 0.2) is 0 Å². The summed E-state index contributed by atoms with van der Waals surface area (Å²) >= 11 is 0. The van der Waals surface area contributed by atoms with E-state index < -0.39 is 0 Å². The number of fused-ring (bicyclic) bond motifs is 1. The van der Waals surface area contributed by atoms with Gasteiger partial charge in [-0.2, -0.15) is 0 Å². The molecule has 116 valence electrons. The molecule has 0 atom stereocenters. The third-order valence-electron chi connectivity index (χ3n) is 4.17. The topological polar surface area (TPSA) is 13.1 Å². The van der Waals surface area contributed by atoms with Crippen LogP contribution in [0.3, 0.4) is 0 Å². The second-order valence-corrected chi connectivity index (χ2v) is 5.77. The minimum absolute atomic E-state index is 0.942. The van der Waals surface area contributed by atoms with Gasteiger partial charge in [0.2, 0.25) is 0 Å².